The Balaban J connectivity index is 2.03. The fourth-order valence-electron chi connectivity index (χ4n) is 3.65. The monoisotopic (exact) mass is 474 g/mol. The van der Waals surface area contributed by atoms with Crippen molar-refractivity contribution in [2.75, 3.05) is 33.7 Å². The molecular weight excluding hydrogens is 446 g/mol. The number of aryl methyl sites for hydroxylation is 1. The van der Waals surface area contributed by atoms with Crippen molar-refractivity contribution in [3.63, 3.8) is 0 Å². The van der Waals surface area contributed by atoms with Crippen LogP contribution in [-0.4, -0.2) is 49.3 Å². The highest BCUT2D eigenvalue weighted by Crippen LogP contribution is 2.36. The Morgan fingerprint density at radius 2 is 1.45 bits per heavy atom. The Labute approximate surface area is 190 Å². The van der Waals surface area contributed by atoms with Crippen LogP contribution in [0.3, 0.4) is 0 Å². The number of ketones is 1. The van der Waals surface area contributed by atoms with Crippen molar-refractivity contribution in [2.24, 2.45) is 0 Å². The van der Waals surface area contributed by atoms with Crippen LogP contribution in [0.2, 0.25) is 0 Å². The lowest BCUT2D eigenvalue weighted by atomic mass is 10.00. The summed E-state index contributed by atoms with van der Waals surface area (Å²) >= 11 is 0. The van der Waals surface area contributed by atoms with Gasteiger partial charge in [0.05, 0.1) is 23.7 Å². The highest BCUT2D eigenvalue weighted by Gasteiger charge is 2.36. The third kappa shape index (κ3) is 7.85. The molecule has 0 N–H and O–H groups in total. The van der Waals surface area contributed by atoms with Gasteiger partial charge in [-0.3, -0.25) is 14.6 Å². The van der Waals surface area contributed by atoms with Gasteiger partial charge >= 0.3 is 12.4 Å². The maximum atomic E-state index is 13.0. The van der Waals surface area contributed by atoms with Crippen LogP contribution in [0, 0.1) is 0 Å². The van der Waals surface area contributed by atoms with Crippen LogP contribution < -0.4 is 0 Å². The van der Waals surface area contributed by atoms with E-state index in [1.165, 1.54) is 0 Å². The van der Waals surface area contributed by atoms with Crippen molar-refractivity contribution in [3.05, 3.63) is 70.8 Å². The van der Waals surface area contributed by atoms with Crippen molar-refractivity contribution in [3.8, 4) is 0 Å². The second kappa shape index (κ2) is 11.2. The minimum atomic E-state index is -4.86. The summed E-state index contributed by atoms with van der Waals surface area (Å²) in [7, 11) is 3.56. The molecule has 33 heavy (non-hydrogen) atoms. The van der Waals surface area contributed by atoms with Gasteiger partial charge in [-0.25, -0.2) is 0 Å². The Kier molecular flexibility index (Phi) is 9.08. The van der Waals surface area contributed by atoms with Gasteiger partial charge in [-0.05, 0) is 69.4 Å². The Morgan fingerprint density at radius 3 is 1.94 bits per heavy atom. The summed E-state index contributed by atoms with van der Waals surface area (Å²) in [6.07, 6.45) is -9.39. The number of halogens is 6. The Hall–Kier alpha value is -2.39. The van der Waals surface area contributed by atoms with Crippen LogP contribution in [0.25, 0.3) is 0 Å². The number of likely N-dealkylation sites (N-methyl/N-ethyl adjacent to an activating group) is 2. The second-order valence-electron chi connectivity index (χ2n) is 8.11. The van der Waals surface area contributed by atoms with Gasteiger partial charge in [-0.15, -0.1) is 0 Å². The van der Waals surface area contributed by atoms with E-state index in [1.54, 1.807) is 11.9 Å². The topological polar surface area (TPSA) is 23.6 Å². The van der Waals surface area contributed by atoms with Gasteiger partial charge in [0.2, 0.25) is 0 Å². The normalized spacial score (nSPS) is 13.5. The largest absolute Gasteiger partial charge is 0.416 e. The summed E-state index contributed by atoms with van der Waals surface area (Å²) in [5, 5.41) is 0. The molecule has 182 valence electrons. The zero-order chi connectivity index (χ0) is 24.8. The van der Waals surface area contributed by atoms with Crippen molar-refractivity contribution >= 4 is 5.78 Å². The predicted octanol–water partition coefficient (Wildman–Crippen LogP) is 5.85. The number of alkyl halides is 6. The lowest BCUT2D eigenvalue weighted by Gasteiger charge is -2.28. The summed E-state index contributed by atoms with van der Waals surface area (Å²) < 4.78 is 78.1. The van der Waals surface area contributed by atoms with E-state index in [2.05, 4.69) is 0 Å². The van der Waals surface area contributed by atoms with Crippen molar-refractivity contribution in [1.82, 2.24) is 9.80 Å². The second-order valence-corrected chi connectivity index (χ2v) is 8.11. The lowest BCUT2D eigenvalue weighted by molar-refractivity contribution is -0.143. The molecule has 2 aromatic rings. The van der Waals surface area contributed by atoms with Gasteiger partial charge in [0, 0.05) is 0 Å². The molecule has 0 radical (unpaired) electrons. The van der Waals surface area contributed by atoms with E-state index in [0.29, 0.717) is 19.5 Å². The molecule has 0 saturated carbocycles. The number of benzene rings is 2. The first-order valence-electron chi connectivity index (χ1n) is 10.6. The highest BCUT2D eigenvalue weighted by atomic mass is 19.4. The maximum Gasteiger partial charge on any atom is 0.416 e. The molecule has 0 amide bonds. The van der Waals surface area contributed by atoms with Gasteiger partial charge in [0.1, 0.15) is 0 Å². The molecule has 0 aromatic heterocycles. The average molecular weight is 474 g/mol. The number of rotatable bonds is 10. The van der Waals surface area contributed by atoms with Gasteiger partial charge in [0.25, 0.3) is 0 Å². The summed E-state index contributed by atoms with van der Waals surface area (Å²) in [4.78, 5) is 16.6. The smallest absolute Gasteiger partial charge is 0.299 e. The van der Waals surface area contributed by atoms with Crippen LogP contribution in [0.4, 0.5) is 26.3 Å². The third-order valence-corrected chi connectivity index (χ3v) is 5.44. The van der Waals surface area contributed by atoms with Crippen LogP contribution in [0.1, 0.15) is 41.6 Å². The van der Waals surface area contributed by atoms with E-state index in [-0.39, 0.29) is 30.4 Å². The Morgan fingerprint density at radius 1 is 0.909 bits per heavy atom. The van der Waals surface area contributed by atoms with Crippen molar-refractivity contribution in [1.29, 1.82) is 0 Å². The van der Waals surface area contributed by atoms with Crippen molar-refractivity contribution in [2.45, 2.75) is 38.2 Å². The molecule has 0 aliphatic rings. The van der Waals surface area contributed by atoms with Crippen LogP contribution in [0.5, 0.6) is 0 Å². The number of Topliss-reactive ketones (excluding diaryl/α,β-unsaturated/α-hetero) is 1. The molecule has 0 heterocycles. The molecule has 3 nitrogen and oxygen atoms in total. The van der Waals surface area contributed by atoms with Gasteiger partial charge in [-0.1, -0.05) is 37.3 Å². The third-order valence-electron chi connectivity index (χ3n) is 5.44. The summed E-state index contributed by atoms with van der Waals surface area (Å²) in [6, 6.07) is 10.5. The maximum absolute atomic E-state index is 13.0. The fraction of sp³-hybridized carbons (Fsp3) is 0.458. The fourth-order valence-corrected chi connectivity index (χ4v) is 3.65. The van der Waals surface area contributed by atoms with E-state index >= 15 is 0 Å². The first-order valence-corrected chi connectivity index (χ1v) is 10.6. The van der Waals surface area contributed by atoms with Gasteiger partial charge < -0.3 is 0 Å². The molecule has 0 fully saturated rings. The molecule has 1 atom stereocenters. The predicted molar refractivity (Wildman–Crippen MR) is 115 cm³/mol. The van der Waals surface area contributed by atoms with Crippen LogP contribution in [-0.2, 0) is 23.6 Å². The zero-order valence-corrected chi connectivity index (χ0v) is 18.8. The molecule has 0 saturated heterocycles. The van der Waals surface area contributed by atoms with Crippen molar-refractivity contribution < 1.29 is 31.1 Å². The van der Waals surface area contributed by atoms with E-state index < -0.39 is 29.5 Å². The molecule has 0 aliphatic heterocycles. The number of hydrogen-bond acceptors (Lipinski definition) is 3. The molecule has 0 aliphatic carbocycles. The van der Waals surface area contributed by atoms with Gasteiger partial charge in [0.15, 0.2) is 5.78 Å². The summed E-state index contributed by atoms with van der Waals surface area (Å²) in [5.41, 5.74) is -1.80. The molecule has 2 aromatic carbocycles. The summed E-state index contributed by atoms with van der Waals surface area (Å²) in [5.74, 6) is -0.0357. The summed E-state index contributed by atoms with van der Waals surface area (Å²) in [6.45, 7) is 3.06. The SMILES string of the molecule is CCN(C)C(C(=O)CN(C)CCCc1cc(C(F)(F)F)cc(C(F)(F)F)c1)c1ccccc1. The number of hydrogen-bond donors (Lipinski definition) is 0. The van der Waals surface area contributed by atoms with Gasteiger partial charge in [-0.2, -0.15) is 26.3 Å². The first kappa shape index (κ1) is 26.9. The molecule has 0 spiro atoms. The molecule has 9 heteroatoms. The molecule has 0 bridgehead atoms. The first-order chi connectivity index (χ1) is 15.3. The van der Waals surface area contributed by atoms with E-state index in [1.807, 2.05) is 49.2 Å². The minimum Gasteiger partial charge on any atom is -0.299 e. The standard InChI is InChI=1S/C24H28F6N2O/c1-4-32(3)22(18-10-6-5-7-11-18)21(33)16-31(2)12-8-9-17-13-19(23(25,26)27)15-20(14-17)24(28,29)30/h5-7,10-11,13-15,22H,4,8-9,12,16H2,1-3H3. The zero-order valence-electron chi connectivity index (χ0n) is 18.8. The number of nitrogens with zero attached hydrogens (tertiary/aromatic N) is 2. The van der Waals surface area contributed by atoms with E-state index in [9.17, 15) is 31.1 Å². The number of carbonyl (C=O) groups is 1. The van der Waals surface area contributed by atoms with Crippen LogP contribution >= 0.6 is 0 Å². The lowest BCUT2D eigenvalue weighted by Crippen LogP contribution is -2.37. The molecule has 1 unspecified atom stereocenters. The molecule has 2 rings (SSSR count). The van der Waals surface area contributed by atoms with E-state index in [0.717, 1.165) is 17.7 Å². The van der Waals surface area contributed by atoms with Crippen LogP contribution in [0.15, 0.2) is 48.5 Å². The molecular formula is C24H28F6N2O. The minimum absolute atomic E-state index is 0.0303. The number of carbonyl (C=O) groups excluding carboxylic acids is 1. The average Bonchev–Trinajstić information content (AvgIpc) is 2.73. The highest BCUT2D eigenvalue weighted by molar-refractivity contribution is 5.87. The Bertz CT molecular complexity index is 879. The van der Waals surface area contributed by atoms with E-state index in [4.69, 9.17) is 0 Å². The quantitative estimate of drug-likeness (QED) is 0.404.